The largest absolute Gasteiger partial charge is 0.350 e. The summed E-state index contributed by atoms with van der Waals surface area (Å²) in [5, 5.41) is 3.43. The molecule has 0 heterocycles. The van der Waals surface area contributed by atoms with Crippen molar-refractivity contribution < 1.29 is 4.79 Å². The van der Waals surface area contributed by atoms with E-state index >= 15 is 0 Å². The topological polar surface area (TPSA) is 29.1 Å². The van der Waals surface area contributed by atoms with Crippen LogP contribution in [-0.2, 0) is 4.79 Å². The van der Waals surface area contributed by atoms with Crippen LogP contribution in [0.3, 0.4) is 0 Å². The average molecular weight is 410 g/mol. The van der Waals surface area contributed by atoms with Crippen molar-refractivity contribution in [2.45, 2.75) is 97.4 Å². The van der Waals surface area contributed by atoms with E-state index in [1.165, 1.54) is 57.8 Å². The van der Waals surface area contributed by atoms with Gasteiger partial charge in [0.05, 0.1) is 0 Å². The zero-order valence-corrected chi connectivity index (χ0v) is 19.5. The molecular weight excluding hydrogens is 366 g/mol. The third-order valence-electron chi connectivity index (χ3n) is 10.6. The van der Waals surface area contributed by atoms with Crippen LogP contribution in [0.5, 0.6) is 0 Å². The number of hydrogen-bond acceptors (Lipinski definition) is 1. The maximum absolute atomic E-state index is 12.8. The molecule has 2 heteroatoms. The lowest BCUT2D eigenvalue weighted by Crippen LogP contribution is -2.51. The van der Waals surface area contributed by atoms with Crippen molar-refractivity contribution >= 4 is 5.91 Å². The maximum atomic E-state index is 12.8. The van der Waals surface area contributed by atoms with Crippen molar-refractivity contribution in [1.29, 1.82) is 0 Å². The van der Waals surface area contributed by atoms with E-state index in [1.807, 2.05) is 12.2 Å². The molecule has 0 saturated heterocycles. The molecule has 0 aromatic heterocycles. The van der Waals surface area contributed by atoms with Crippen LogP contribution in [0.15, 0.2) is 23.8 Å². The summed E-state index contributed by atoms with van der Waals surface area (Å²) < 4.78 is 0. The highest BCUT2D eigenvalue weighted by Gasteiger charge is 2.57. The summed E-state index contributed by atoms with van der Waals surface area (Å²) in [6.45, 7) is 7.38. The van der Waals surface area contributed by atoms with Crippen molar-refractivity contribution in [2.24, 2.45) is 46.8 Å². The summed E-state index contributed by atoms with van der Waals surface area (Å²) in [5.74, 6) is 6.75. The highest BCUT2D eigenvalue weighted by atomic mass is 16.1. The summed E-state index contributed by atoms with van der Waals surface area (Å²) in [4.78, 5) is 12.8. The van der Waals surface area contributed by atoms with E-state index in [0.29, 0.717) is 17.4 Å². The second kappa shape index (κ2) is 8.14. The molecular formula is C28H43NO. The third-order valence-corrected chi connectivity index (χ3v) is 10.6. The van der Waals surface area contributed by atoms with Crippen LogP contribution in [0.1, 0.15) is 91.4 Å². The first kappa shape index (κ1) is 20.8. The zero-order valence-electron chi connectivity index (χ0n) is 19.5. The van der Waals surface area contributed by atoms with Crippen LogP contribution in [0.4, 0.5) is 0 Å². The lowest BCUT2D eigenvalue weighted by Gasteiger charge is -2.56. The number of amides is 1. The van der Waals surface area contributed by atoms with Gasteiger partial charge in [0.1, 0.15) is 0 Å². The molecule has 5 aliphatic rings. The molecule has 9 atom stereocenters. The van der Waals surface area contributed by atoms with E-state index in [-0.39, 0.29) is 5.91 Å². The number of nitrogens with one attached hydrogen (secondary N) is 1. The van der Waals surface area contributed by atoms with Gasteiger partial charge in [-0.25, -0.2) is 0 Å². The Hall–Kier alpha value is -1.05. The van der Waals surface area contributed by atoms with Gasteiger partial charge in [-0.3, -0.25) is 4.79 Å². The summed E-state index contributed by atoms with van der Waals surface area (Å²) in [7, 11) is 0. The molecule has 0 aromatic carbocycles. The third kappa shape index (κ3) is 3.51. The Morgan fingerprint density at radius 1 is 1.07 bits per heavy atom. The van der Waals surface area contributed by atoms with E-state index in [0.717, 1.165) is 53.9 Å². The van der Waals surface area contributed by atoms with Crippen LogP contribution in [0, 0.1) is 46.8 Å². The molecule has 4 saturated carbocycles. The number of carbonyl (C=O) groups is 1. The van der Waals surface area contributed by atoms with Crippen molar-refractivity contribution in [3.8, 4) is 0 Å². The Bertz CT molecular complexity index is 722. The fourth-order valence-electron chi connectivity index (χ4n) is 9.14. The molecule has 1 N–H and O–H groups in total. The van der Waals surface area contributed by atoms with Gasteiger partial charge >= 0.3 is 0 Å². The van der Waals surface area contributed by atoms with Crippen molar-refractivity contribution in [1.82, 2.24) is 5.32 Å². The first-order valence-electron chi connectivity index (χ1n) is 13.1. The molecule has 2 nitrogen and oxygen atoms in total. The highest BCUT2D eigenvalue weighted by Crippen LogP contribution is 2.64. The second-order valence-corrected chi connectivity index (χ2v) is 12.0. The van der Waals surface area contributed by atoms with E-state index in [9.17, 15) is 4.79 Å². The summed E-state index contributed by atoms with van der Waals surface area (Å²) in [6, 6.07) is 0.294. The minimum atomic E-state index is 0.185. The first-order valence-corrected chi connectivity index (χ1v) is 13.1. The standard InChI is InChI=1S/C28H43NO/c1-18-9-11-22-21(17-18)10-12-24-23(22)15-16-28(3)25(13-14-26(24)28)19(2)29-27(30)20-7-5-4-6-8-20/h4-5,7,18-19,21-26H,6,8-17H2,1-3H3,(H,29,30)/t18?,19?,21?,22?,23-,24?,25?,26+,28?/m1/s1. The van der Waals surface area contributed by atoms with Crippen LogP contribution < -0.4 is 5.32 Å². The number of allylic oxidation sites excluding steroid dienone is 3. The molecule has 0 aliphatic heterocycles. The van der Waals surface area contributed by atoms with Crippen molar-refractivity contribution in [2.75, 3.05) is 0 Å². The van der Waals surface area contributed by atoms with Crippen LogP contribution in [-0.4, -0.2) is 11.9 Å². The van der Waals surface area contributed by atoms with E-state index < -0.39 is 0 Å². The normalized spacial score (nSPS) is 46.2. The summed E-state index contributed by atoms with van der Waals surface area (Å²) in [5.41, 5.74) is 1.40. The minimum Gasteiger partial charge on any atom is -0.350 e. The molecule has 5 aliphatic carbocycles. The van der Waals surface area contributed by atoms with Crippen molar-refractivity contribution in [3.05, 3.63) is 23.8 Å². The summed E-state index contributed by atoms with van der Waals surface area (Å²) >= 11 is 0. The van der Waals surface area contributed by atoms with Gasteiger partial charge in [0, 0.05) is 11.6 Å². The Morgan fingerprint density at radius 3 is 2.70 bits per heavy atom. The number of fused-ring (bicyclic) bond motifs is 5. The van der Waals surface area contributed by atoms with Gasteiger partial charge in [0.25, 0.3) is 0 Å². The fraction of sp³-hybridized carbons (Fsp3) is 0.821. The van der Waals surface area contributed by atoms with Gasteiger partial charge in [-0.05, 0) is 118 Å². The molecule has 1 amide bonds. The number of rotatable bonds is 3. The minimum absolute atomic E-state index is 0.185. The molecule has 30 heavy (non-hydrogen) atoms. The van der Waals surface area contributed by atoms with Crippen LogP contribution >= 0.6 is 0 Å². The van der Waals surface area contributed by atoms with Gasteiger partial charge in [-0.2, -0.15) is 0 Å². The SMILES string of the molecule is CC1CCC2C(CCC3[C@@H]2CCC2(C)C(C(C)NC(=O)C4=CC=CCC4)CC[C@@H]32)C1. The Balaban J connectivity index is 1.27. The fourth-order valence-corrected chi connectivity index (χ4v) is 9.14. The first-order chi connectivity index (χ1) is 14.5. The molecule has 4 fully saturated rings. The predicted octanol–water partition coefficient (Wildman–Crippen LogP) is 6.67. The molecule has 0 radical (unpaired) electrons. The lowest BCUT2D eigenvalue weighted by molar-refractivity contribution is -0.119. The van der Waals surface area contributed by atoms with Crippen molar-refractivity contribution in [3.63, 3.8) is 0 Å². The molecule has 166 valence electrons. The molecule has 5 rings (SSSR count). The predicted molar refractivity (Wildman–Crippen MR) is 124 cm³/mol. The Labute approximate surface area is 184 Å². The van der Waals surface area contributed by atoms with Gasteiger partial charge in [-0.1, -0.05) is 38.5 Å². The van der Waals surface area contributed by atoms with E-state index in [2.05, 4.69) is 32.2 Å². The van der Waals surface area contributed by atoms with Gasteiger partial charge < -0.3 is 5.32 Å². The smallest absolute Gasteiger partial charge is 0.247 e. The second-order valence-electron chi connectivity index (χ2n) is 12.0. The highest BCUT2D eigenvalue weighted by molar-refractivity contribution is 5.94. The van der Waals surface area contributed by atoms with Gasteiger partial charge in [-0.15, -0.1) is 0 Å². The summed E-state index contributed by atoms with van der Waals surface area (Å²) in [6.07, 6.45) is 21.2. The zero-order chi connectivity index (χ0) is 20.9. The van der Waals surface area contributed by atoms with E-state index in [1.54, 1.807) is 0 Å². The van der Waals surface area contributed by atoms with E-state index in [4.69, 9.17) is 0 Å². The number of carbonyl (C=O) groups excluding carboxylic acids is 1. The lowest BCUT2D eigenvalue weighted by atomic mass is 9.49. The molecule has 0 spiro atoms. The van der Waals surface area contributed by atoms with Gasteiger partial charge in [0.2, 0.25) is 5.91 Å². The van der Waals surface area contributed by atoms with Gasteiger partial charge in [0.15, 0.2) is 0 Å². The monoisotopic (exact) mass is 409 g/mol. The van der Waals surface area contributed by atoms with Crippen LogP contribution in [0.25, 0.3) is 0 Å². The van der Waals surface area contributed by atoms with Crippen LogP contribution in [0.2, 0.25) is 0 Å². The molecule has 0 bridgehead atoms. The maximum Gasteiger partial charge on any atom is 0.247 e. The molecule has 0 aromatic rings. The average Bonchev–Trinajstić information content (AvgIpc) is 3.11. The number of hydrogen-bond donors (Lipinski definition) is 1. The Morgan fingerprint density at radius 2 is 1.90 bits per heavy atom. The quantitative estimate of drug-likeness (QED) is 0.554. The Kier molecular flexibility index (Phi) is 5.65. The molecule has 7 unspecified atom stereocenters.